The minimum atomic E-state index is -0.417. The van der Waals surface area contributed by atoms with Crippen molar-refractivity contribution < 1.29 is 13.6 Å². The second-order valence-corrected chi connectivity index (χ2v) is 5.77. The lowest BCUT2D eigenvalue weighted by atomic mass is 9.97. The first kappa shape index (κ1) is 14.6. The highest BCUT2D eigenvalue weighted by molar-refractivity contribution is 6.00. The highest BCUT2D eigenvalue weighted by Crippen LogP contribution is 2.34. The molecule has 0 bridgehead atoms. The number of rotatable bonds is 3. The van der Waals surface area contributed by atoms with Gasteiger partial charge < -0.3 is 9.32 Å². The number of oxazole rings is 1. The molecule has 1 aliphatic heterocycles. The van der Waals surface area contributed by atoms with Gasteiger partial charge in [-0.15, -0.1) is 0 Å². The van der Waals surface area contributed by atoms with E-state index in [4.69, 9.17) is 4.42 Å². The summed E-state index contributed by atoms with van der Waals surface area (Å²) in [7, 11) is 0. The van der Waals surface area contributed by atoms with Crippen molar-refractivity contribution in [1.29, 1.82) is 0 Å². The molecule has 0 saturated carbocycles. The van der Waals surface area contributed by atoms with Crippen molar-refractivity contribution >= 4 is 11.6 Å². The second-order valence-electron chi connectivity index (χ2n) is 5.77. The zero-order valence-electron chi connectivity index (χ0n) is 12.9. The fourth-order valence-corrected chi connectivity index (χ4v) is 3.15. The highest BCUT2D eigenvalue weighted by Gasteiger charge is 2.34. The average molecular weight is 322 g/mol. The summed E-state index contributed by atoms with van der Waals surface area (Å²) in [6.07, 6.45) is 3.64. The molecule has 1 saturated heterocycles. The Kier molecular flexibility index (Phi) is 3.61. The number of hydrogen-bond donors (Lipinski definition) is 0. The van der Waals surface area contributed by atoms with Gasteiger partial charge in [-0.2, -0.15) is 0 Å². The number of anilines is 1. The van der Waals surface area contributed by atoms with E-state index < -0.39 is 5.92 Å². The number of amides is 1. The van der Waals surface area contributed by atoms with Crippen LogP contribution >= 0.6 is 0 Å². The summed E-state index contributed by atoms with van der Waals surface area (Å²) in [5, 5.41) is 0. The van der Waals surface area contributed by atoms with Gasteiger partial charge in [0, 0.05) is 23.4 Å². The summed E-state index contributed by atoms with van der Waals surface area (Å²) in [6, 6.07) is 14.0. The minimum absolute atomic E-state index is 0.0625. The third kappa shape index (κ3) is 2.48. The van der Waals surface area contributed by atoms with Crippen molar-refractivity contribution in [2.24, 2.45) is 0 Å². The first-order valence-electron chi connectivity index (χ1n) is 7.79. The monoisotopic (exact) mass is 322 g/mol. The van der Waals surface area contributed by atoms with Crippen LogP contribution in [0.3, 0.4) is 0 Å². The van der Waals surface area contributed by atoms with Gasteiger partial charge in [0.2, 0.25) is 5.91 Å². The summed E-state index contributed by atoms with van der Waals surface area (Å²) in [5.74, 6) is -0.121. The molecule has 0 spiro atoms. The number of halogens is 1. The summed E-state index contributed by atoms with van der Waals surface area (Å²) in [4.78, 5) is 18.3. The number of carbonyl (C=O) groups is 1. The van der Waals surface area contributed by atoms with Gasteiger partial charge in [0.15, 0.2) is 12.2 Å². The zero-order chi connectivity index (χ0) is 16.5. The first-order valence-corrected chi connectivity index (χ1v) is 7.79. The molecule has 1 unspecified atom stereocenters. The lowest BCUT2D eigenvalue weighted by Gasteiger charge is -2.17. The second kappa shape index (κ2) is 5.92. The van der Waals surface area contributed by atoms with Crippen LogP contribution in [0.25, 0.3) is 11.3 Å². The lowest BCUT2D eigenvalue weighted by molar-refractivity contribution is -0.118. The maximum Gasteiger partial charge on any atom is 0.234 e. The standard InChI is InChI=1S/C19H15FN2O2/c20-17-4-2-1-3-15(17)16-9-10-22(19(16)23)14-7-5-13(6-8-14)18-11-21-12-24-18/h1-8,11-12,16H,9-10H2. The molecule has 0 aliphatic carbocycles. The molecular weight excluding hydrogens is 307 g/mol. The Labute approximate surface area is 138 Å². The summed E-state index contributed by atoms with van der Waals surface area (Å²) in [5.41, 5.74) is 2.18. The molecule has 5 heteroatoms. The molecule has 3 aromatic rings. The molecule has 1 aromatic heterocycles. The van der Waals surface area contributed by atoms with Gasteiger partial charge in [-0.3, -0.25) is 4.79 Å². The SMILES string of the molecule is O=C1C(c2ccccc2F)CCN1c1ccc(-c2cnco2)cc1. The largest absolute Gasteiger partial charge is 0.444 e. The van der Waals surface area contributed by atoms with Gasteiger partial charge in [0.25, 0.3) is 0 Å². The molecule has 4 rings (SSSR count). The van der Waals surface area contributed by atoms with Crippen LogP contribution in [0, 0.1) is 5.82 Å². The molecule has 1 atom stereocenters. The van der Waals surface area contributed by atoms with Gasteiger partial charge in [0.05, 0.1) is 12.1 Å². The van der Waals surface area contributed by atoms with E-state index >= 15 is 0 Å². The van der Waals surface area contributed by atoms with Crippen molar-refractivity contribution in [3.8, 4) is 11.3 Å². The number of carbonyl (C=O) groups excluding carboxylic acids is 1. The van der Waals surface area contributed by atoms with Crippen molar-refractivity contribution in [1.82, 2.24) is 4.98 Å². The number of hydrogen-bond acceptors (Lipinski definition) is 3. The van der Waals surface area contributed by atoms with Crippen LogP contribution < -0.4 is 4.90 Å². The molecule has 4 nitrogen and oxygen atoms in total. The van der Waals surface area contributed by atoms with E-state index in [9.17, 15) is 9.18 Å². The van der Waals surface area contributed by atoms with Gasteiger partial charge in [-0.1, -0.05) is 18.2 Å². The minimum Gasteiger partial charge on any atom is -0.444 e. The molecule has 24 heavy (non-hydrogen) atoms. The van der Waals surface area contributed by atoms with Crippen LogP contribution in [0.1, 0.15) is 17.9 Å². The van der Waals surface area contributed by atoms with Gasteiger partial charge in [-0.05, 0) is 36.8 Å². The zero-order valence-corrected chi connectivity index (χ0v) is 12.9. The lowest BCUT2D eigenvalue weighted by Crippen LogP contribution is -2.26. The molecule has 0 N–H and O–H groups in total. The topological polar surface area (TPSA) is 46.3 Å². The first-order chi connectivity index (χ1) is 11.7. The van der Waals surface area contributed by atoms with E-state index in [0.717, 1.165) is 11.3 Å². The number of aromatic nitrogens is 1. The maximum absolute atomic E-state index is 14.0. The Hall–Kier alpha value is -2.95. The third-order valence-corrected chi connectivity index (χ3v) is 4.38. The number of nitrogens with zero attached hydrogens (tertiary/aromatic N) is 2. The van der Waals surface area contributed by atoms with Crippen LogP contribution in [-0.4, -0.2) is 17.4 Å². The fourth-order valence-electron chi connectivity index (χ4n) is 3.15. The quantitative estimate of drug-likeness (QED) is 0.732. The molecule has 0 radical (unpaired) electrons. The molecule has 2 heterocycles. The predicted octanol–water partition coefficient (Wildman–Crippen LogP) is 4.00. The Morgan fingerprint density at radius 2 is 1.92 bits per heavy atom. The molecule has 1 amide bonds. The molecule has 120 valence electrons. The summed E-state index contributed by atoms with van der Waals surface area (Å²) >= 11 is 0. The molecular formula is C19H15FN2O2. The van der Waals surface area contributed by atoms with Crippen molar-refractivity contribution in [2.45, 2.75) is 12.3 Å². The van der Waals surface area contributed by atoms with Crippen molar-refractivity contribution in [2.75, 3.05) is 11.4 Å². The smallest absolute Gasteiger partial charge is 0.234 e. The maximum atomic E-state index is 14.0. The van der Waals surface area contributed by atoms with E-state index in [1.165, 1.54) is 12.5 Å². The highest BCUT2D eigenvalue weighted by atomic mass is 19.1. The summed E-state index contributed by atoms with van der Waals surface area (Å²) in [6.45, 7) is 0.583. The van der Waals surface area contributed by atoms with Gasteiger partial charge in [-0.25, -0.2) is 9.37 Å². The van der Waals surface area contributed by atoms with Gasteiger partial charge >= 0.3 is 0 Å². The van der Waals surface area contributed by atoms with E-state index in [2.05, 4.69) is 4.98 Å². The van der Waals surface area contributed by atoms with Gasteiger partial charge in [0.1, 0.15) is 5.82 Å². The van der Waals surface area contributed by atoms with Crippen LogP contribution in [0.2, 0.25) is 0 Å². The van der Waals surface area contributed by atoms with Crippen molar-refractivity contribution in [3.63, 3.8) is 0 Å². The van der Waals surface area contributed by atoms with E-state index in [1.54, 1.807) is 29.3 Å². The Balaban J connectivity index is 1.58. The molecule has 1 aliphatic rings. The Morgan fingerprint density at radius 1 is 1.12 bits per heavy atom. The van der Waals surface area contributed by atoms with Crippen LogP contribution in [-0.2, 0) is 4.79 Å². The molecule has 1 fully saturated rings. The fraction of sp³-hybridized carbons (Fsp3) is 0.158. The van der Waals surface area contributed by atoms with E-state index in [-0.39, 0.29) is 11.7 Å². The van der Waals surface area contributed by atoms with E-state index in [1.807, 2.05) is 24.3 Å². The normalized spacial score (nSPS) is 17.5. The number of benzene rings is 2. The molecule has 2 aromatic carbocycles. The Bertz CT molecular complexity index is 859. The third-order valence-electron chi connectivity index (χ3n) is 4.38. The van der Waals surface area contributed by atoms with Crippen LogP contribution in [0.15, 0.2) is 65.5 Å². The van der Waals surface area contributed by atoms with Crippen molar-refractivity contribution in [3.05, 3.63) is 72.5 Å². The predicted molar refractivity (Wildman–Crippen MR) is 88.1 cm³/mol. The summed E-state index contributed by atoms with van der Waals surface area (Å²) < 4.78 is 19.2. The van der Waals surface area contributed by atoms with E-state index in [0.29, 0.717) is 24.3 Å². The van der Waals surface area contributed by atoms with Crippen LogP contribution in [0.4, 0.5) is 10.1 Å². The average Bonchev–Trinajstić information content (AvgIpc) is 3.26. The Morgan fingerprint density at radius 3 is 2.62 bits per heavy atom. The van der Waals surface area contributed by atoms with Crippen LogP contribution in [0.5, 0.6) is 0 Å².